The highest BCUT2D eigenvalue weighted by Gasteiger charge is 2.23. The van der Waals surface area contributed by atoms with Gasteiger partial charge in [0, 0.05) is 26.2 Å². The first kappa shape index (κ1) is 20.8. The Balaban J connectivity index is 1.46. The van der Waals surface area contributed by atoms with Crippen molar-refractivity contribution in [2.75, 3.05) is 50.9 Å². The Kier molecular flexibility index (Phi) is 7.61. The summed E-state index contributed by atoms with van der Waals surface area (Å²) in [5.74, 6) is 2.39. The molecule has 0 saturated carbocycles. The van der Waals surface area contributed by atoms with E-state index in [9.17, 15) is 4.79 Å². The predicted octanol–water partition coefficient (Wildman–Crippen LogP) is 3.60. The van der Waals surface area contributed by atoms with Gasteiger partial charge >= 0.3 is 0 Å². The summed E-state index contributed by atoms with van der Waals surface area (Å²) in [6.45, 7) is 8.33. The lowest BCUT2D eigenvalue weighted by Crippen LogP contribution is -2.50. The van der Waals surface area contributed by atoms with E-state index in [1.807, 2.05) is 54.3 Å². The van der Waals surface area contributed by atoms with Crippen LogP contribution in [0.2, 0.25) is 0 Å². The minimum absolute atomic E-state index is 0.00838. The van der Waals surface area contributed by atoms with Crippen LogP contribution in [0.1, 0.15) is 20.3 Å². The number of carbonyl (C=O) groups excluding carboxylic acids is 1. The average Bonchev–Trinajstić information content (AvgIpc) is 2.77. The summed E-state index contributed by atoms with van der Waals surface area (Å²) in [6.07, 6.45) is 0.969. The smallest absolute Gasteiger partial charge is 0.260 e. The van der Waals surface area contributed by atoms with Gasteiger partial charge in [-0.1, -0.05) is 19.1 Å². The van der Waals surface area contributed by atoms with Gasteiger partial charge in [0.25, 0.3) is 5.91 Å². The SMILES string of the molecule is CCCOc1ccc(OCC(=O)N2CCN(c3ccccc3OCC)CC2)cc1. The van der Waals surface area contributed by atoms with Gasteiger partial charge in [-0.05, 0) is 49.7 Å². The normalized spacial score (nSPS) is 13.9. The van der Waals surface area contributed by atoms with Crippen molar-refractivity contribution < 1.29 is 19.0 Å². The number of para-hydroxylation sites is 2. The van der Waals surface area contributed by atoms with E-state index < -0.39 is 0 Å². The molecule has 0 spiro atoms. The largest absolute Gasteiger partial charge is 0.494 e. The monoisotopic (exact) mass is 398 g/mol. The maximum atomic E-state index is 12.5. The Morgan fingerprint density at radius 3 is 2.17 bits per heavy atom. The molecule has 6 nitrogen and oxygen atoms in total. The van der Waals surface area contributed by atoms with Crippen molar-refractivity contribution in [1.29, 1.82) is 0 Å². The van der Waals surface area contributed by atoms with Gasteiger partial charge in [-0.3, -0.25) is 4.79 Å². The van der Waals surface area contributed by atoms with Gasteiger partial charge in [0.2, 0.25) is 0 Å². The fraction of sp³-hybridized carbons (Fsp3) is 0.435. The summed E-state index contributed by atoms with van der Waals surface area (Å²) in [4.78, 5) is 16.7. The molecule has 1 saturated heterocycles. The minimum atomic E-state index is 0.00838. The van der Waals surface area contributed by atoms with E-state index in [0.29, 0.717) is 32.1 Å². The zero-order valence-electron chi connectivity index (χ0n) is 17.3. The molecule has 1 aliphatic heterocycles. The van der Waals surface area contributed by atoms with Gasteiger partial charge in [0.15, 0.2) is 6.61 Å². The Bertz CT molecular complexity index is 771. The quantitative estimate of drug-likeness (QED) is 0.646. The molecule has 6 heteroatoms. The number of ether oxygens (including phenoxy) is 3. The molecular formula is C23H30N2O4. The van der Waals surface area contributed by atoms with E-state index >= 15 is 0 Å². The second-order valence-corrected chi connectivity index (χ2v) is 6.88. The van der Waals surface area contributed by atoms with E-state index in [4.69, 9.17) is 14.2 Å². The van der Waals surface area contributed by atoms with Crippen LogP contribution in [-0.2, 0) is 4.79 Å². The van der Waals surface area contributed by atoms with Crippen molar-refractivity contribution >= 4 is 11.6 Å². The summed E-state index contributed by atoms with van der Waals surface area (Å²) >= 11 is 0. The fourth-order valence-electron chi connectivity index (χ4n) is 3.28. The molecule has 0 aromatic heterocycles. The molecule has 2 aromatic rings. The van der Waals surface area contributed by atoms with Gasteiger partial charge < -0.3 is 24.0 Å². The fourth-order valence-corrected chi connectivity index (χ4v) is 3.28. The van der Waals surface area contributed by atoms with Crippen molar-refractivity contribution in [3.05, 3.63) is 48.5 Å². The van der Waals surface area contributed by atoms with Crippen LogP contribution < -0.4 is 19.1 Å². The summed E-state index contributed by atoms with van der Waals surface area (Å²) in [6, 6.07) is 15.5. The molecule has 1 heterocycles. The lowest BCUT2D eigenvalue weighted by Gasteiger charge is -2.36. The second kappa shape index (κ2) is 10.6. The molecule has 0 atom stereocenters. The molecule has 1 aliphatic rings. The van der Waals surface area contributed by atoms with Crippen LogP contribution in [0.5, 0.6) is 17.2 Å². The van der Waals surface area contributed by atoms with Crippen LogP contribution in [0.3, 0.4) is 0 Å². The zero-order valence-corrected chi connectivity index (χ0v) is 17.3. The van der Waals surface area contributed by atoms with E-state index in [1.54, 1.807) is 0 Å². The number of hydrogen-bond acceptors (Lipinski definition) is 5. The number of hydrogen-bond donors (Lipinski definition) is 0. The van der Waals surface area contributed by atoms with E-state index in [1.165, 1.54) is 0 Å². The highest BCUT2D eigenvalue weighted by Crippen LogP contribution is 2.28. The van der Waals surface area contributed by atoms with Crippen LogP contribution >= 0.6 is 0 Å². The highest BCUT2D eigenvalue weighted by atomic mass is 16.5. The third-order valence-corrected chi connectivity index (χ3v) is 4.80. The number of rotatable bonds is 9. The van der Waals surface area contributed by atoms with Gasteiger partial charge in [0.05, 0.1) is 18.9 Å². The highest BCUT2D eigenvalue weighted by molar-refractivity contribution is 5.78. The molecule has 29 heavy (non-hydrogen) atoms. The second-order valence-electron chi connectivity index (χ2n) is 6.88. The summed E-state index contributed by atoms with van der Waals surface area (Å²) in [7, 11) is 0. The molecular weight excluding hydrogens is 368 g/mol. The number of nitrogens with zero attached hydrogens (tertiary/aromatic N) is 2. The zero-order chi connectivity index (χ0) is 20.5. The van der Waals surface area contributed by atoms with Crippen molar-refractivity contribution in [3.63, 3.8) is 0 Å². The molecule has 0 aliphatic carbocycles. The number of amides is 1. The first-order valence-corrected chi connectivity index (χ1v) is 10.3. The van der Waals surface area contributed by atoms with Crippen molar-refractivity contribution in [2.24, 2.45) is 0 Å². The van der Waals surface area contributed by atoms with Crippen LogP contribution in [0.4, 0.5) is 5.69 Å². The van der Waals surface area contributed by atoms with Crippen LogP contribution in [-0.4, -0.2) is 56.8 Å². The molecule has 156 valence electrons. The molecule has 0 radical (unpaired) electrons. The predicted molar refractivity (Wildman–Crippen MR) is 114 cm³/mol. The minimum Gasteiger partial charge on any atom is -0.494 e. The topological polar surface area (TPSA) is 51.2 Å². The summed E-state index contributed by atoms with van der Waals surface area (Å²) < 4.78 is 17.0. The Morgan fingerprint density at radius 2 is 1.52 bits per heavy atom. The molecule has 0 N–H and O–H groups in total. The Morgan fingerprint density at radius 1 is 0.862 bits per heavy atom. The van der Waals surface area contributed by atoms with Crippen molar-refractivity contribution in [3.8, 4) is 17.2 Å². The third-order valence-electron chi connectivity index (χ3n) is 4.80. The average molecular weight is 399 g/mol. The number of anilines is 1. The standard InChI is InChI=1S/C23H30N2O4/c1-3-17-28-19-9-11-20(12-10-19)29-18-23(26)25-15-13-24(14-16-25)21-7-5-6-8-22(21)27-4-2/h5-12H,3-4,13-18H2,1-2H3. The first-order chi connectivity index (χ1) is 14.2. The van der Waals surface area contributed by atoms with Crippen molar-refractivity contribution in [1.82, 2.24) is 4.90 Å². The first-order valence-electron chi connectivity index (χ1n) is 10.3. The molecule has 3 rings (SSSR count). The lowest BCUT2D eigenvalue weighted by atomic mass is 10.2. The summed E-state index contributed by atoms with van der Waals surface area (Å²) in [5, 5.41) is 0. The third kappa shape index (κ3) is 5.79. The Hall–Kier alpha value is -2.89. The molecule has 2 aromatic carbocycles. The van der Waals surface area contributed by atoms with E-state index in [-0.39, 0.29) is 12.5 Å². The van der Waals surface area contributed by atoms with Gasteiger partial charge in [-0.2, -0.15) is 0 Å². The molecule has 0 bridgehead atoms. The van der Waals surface area contributed by atoms with Crippen LogP contribution in [0, 0.1) is 0 Å². The number of piperazine rings is 1. The van der Waals surface area contributed by atoms with E-state index in [2.05, 4.69) is 17.9 Å². The number of carbonyl (C=O) groups is 1. The molecule has 0 unspecified atom stereocenters. The molecule has 1 fully saturated rings. The lowest BCUT2D eigenvalue weighted by molar-refractivity contribution is -0.133. The van der Waals surface area contributed by atoms with Gasteiger partial charge in [-0.15, -0.1) is 0 Å². The van der Waals surface area contributed by atoms with Crippen LogP contribution in [0.15, 0.2) is 48.5 Å². The van der Waals surface area contributed by atoms with Crippen LogP contribution in [0.25, 0.3) is 0 Å². The van der Waals surface area contributed by atoms with E-state index in [0.717, 1.165) is 36.7 Å². The maximum absolute atomic E-state index is 12.5. The van der Waals surface area contributed by atoms with Gasteiger partial charge in [-0.25, -0.2) is 0 Å². The van der Waals surface area contributed by atoms with Gasteiger partial charge in [0.1, 0.15) is 17.2 Å². The number of benzene rings is 2. The maximum Gasteiger partial charge on any atom is 0.260 e. The summed E-state index contributed by atoms with van der Waals surface area (Å²) in [5.41, 5.74) is 1.09. The Labute approximate surface area is 173 Å². The molecule has 1 amide bonds. The van der Waals surface area contributed by atoms with Crippen molar-refractivity contribution in [2.45, 2.75) is 20.3 Å².